The van der Waals surface area contributed by atoms with Gasteiger partial charge >= 0.3 is 0 Å². The molecule has 4 nitrogen and oxygen atoms in total. The monoisotopic (exact) mass is 354 g/mol. The molecule has 26 heavy (non-hydrogen) atoms. The maximum Gasteiger partial charge on any atom is 0.130 e. The van der Waals surface area contributed by atoms with Gasteiger partial charge in [-0.2, -0.15) is 0 Å². The van der Waals surface area contributed by atoms with Crippen LogP contribution in [0.1, 0.15) is 26.3 Å². The third kappa shape index (κ3) is 4.13. The summed E-state index contributed by atoms with van der Waals surface area (Å²) in [6.45, 7) is 8.33. The number of methoxy groups -OCH3 is 2. The number of hydrogen-bond donors (Lipinski definition) is 0. The number of allylic oxidation sites excluding steroid dienone is 1. The van der Waals surface area contributed by atoms with Crippen molar-refractivity contribution in [2.24, 2.45) is 0 Å². The van der Waals surface area contributed by atoms with Crippen LogP contribution in [0.4, 0.5) is 11.4 Å². The van der Waals surface area contributed by atoms with Gasteiger partial charge in [-0.15, -0.1) is 0 Å². The fourth-order valence-electron chi connectivity index (χ4n) is 3.15. The highest BCUT2D eigenvalue weighted by atomic mass is 16.5. The quantitative estimate of drug-likeness (QED) is 0.662. The third-order valence-electron chi connectivity index (χ3n) is 4.68. The Balaban J connectivity index is 2.39. The molecule has 0 atom stereocenters. The van der Waals surface area contributed by atoms with E-state index in [4.69, 9.17) is 9.47 Å². The van der Waals surface area contributed by atoms with Crippen LogP contribution in [-0.4, -0.2) is 34.4 Å². The first-order valence-corrected chi connectivity index (χ1v) is 9.06. The van der Waals surface area contributed by atoms with Crippen molar-refractivity contribution in [3.8, 4) is 11.5 Å². The molecule has 0 unspecified atom stereocenters. The van der Waals surface area contributed by atoms with Gasteiger partial charge in [0.25, 0.3) is 0 Å². The van der Waals surface area contributed by atoms with Gasteiger partial charge in [0.2, 0.25) is 0 Å². The van der Waals surface area contributed by atoms with E-state index in [1.165, 1.54) is 5.69 Å². The summed E-state index contributed by atoms with van der Waals surface area (Å²) < 4.78 is 11.0. The van der Waals surface area contributed by atoms with E-state index in [0.29, 0.717) is 0 Å². The number of nitrogens with zero attached hydrogens (tertiary/aromatic N) is 2. The van der Waals surface area contributed by atoms with Gasteiger partial charge in [0.05, 0.1) is 14.2 Å². The first kappa shape index (κ1) is 19.7. The zero-order valence-corrected chi connectivity index (χ0v) is 16.7. The molecule has 0 saturated carbocycles. The van der Waals surface area contributed by atoms with E-state index in [1.54, 1.807) is 14.2 Å². The lowest BCUT2D eigenvalue weighted by molar-refractivity contribution is 0.413. The highest BCUT2D eigenvalue weighted by Crippen LogP contribution is 2.34. The lowest BCUT2D eigenvalue weighted by Gasteiger charge is -2.26. The summed E-state index contributed by atoms with van der Waals surface area (Å²) in [7, 11) is 5.47. The molecule has 0 heterocycles. The fourth-order valence-corrected chi connectivity index (χ4v) is 3.15. The number of anilines is 2. The molecule has 0 spiro atoms. The third-order valence-corrected chi connectivity index (χ3v) is 4.68. The van der Waals surface area contributed by atoms with Crippen LogP contribution >= 0.6 is 0 Å². The minimum Gasteiger partial charge on any atom is -0.497 e. The second-order valence-electron chi connectivity index (χ2n) is 5.99. The smallest absolute Gasteiger partial charge is 0.130 e. The van der Waals surface area contributed by atoms with E-state index < -0.39 is 0 Å². The SMILES string of the molecule is C/C=C(\c1ccc(N(CC)CC)cc1OC)N(C)c1ccc(OC)cc1. The van der Waals surface area contributed by atoms with Crippen LogP contribution in [0.15, 0.2) is 48.5 Å². The summed E-state index contributed by atoms with van der Waals surface area (Å²) in [5, 5.41) is 0. The maximum atomic E-state index is 5.72. The Labute approximate surface area is 157 Å². The first-order valence-electron chi connectivity index (χ1n) is 9.06. The van der Waals surface area contributed by atoms with Crippen LogP contribution in [0, 0.1) is 0 Å². The van der Waals surface area contributed by atoms with E-state index in [2.05, 4.69) is 67.1 Å². The van der Waals surface area contributed by atoms with Crippen molar-refractivity contribution < 1.29 is 9.47 Å². The number of benzene rings is 2. The van der Waals surface area contributed by atoms with Crippen molar-refractivity contribution in [2.45, 2.75) is 20.8 Å². The molecule has 0 aliphatic heterocycles. The van der Waals surface area contributed by atoms with Crippen LogP contribution in [0.2, 0.25) is 0 Å². The van der Waals surface area contributed by atoms with Gasteiger partial charge < -0.3 is 19.3 Å². The molecule has 2 aromatic carbocycles. The molecule has 0 radical (unpaired) electrons. The largest absolute Gasteiger partial charge is 0.497 e. The molecule has 0 bridgehead atoms. The van der Waals surface area contributed by atoms with Crippen LogP contribution in [0.5, 0.6) is 11.5 Å². The summed E-state index contributed by atoms with van der Waals surface area (Å²) in [6, 6.07) is 14.5. The Morgan fingerprint density at radius 1 is 0.923 bits per heavy atom. The molecular formula is C22H30N2O2. The average molecular weight is 354 g/mol. The lowest BCUT2D eigenvalue weighted by atomic mass is 10.1. The standard InChI is InChI=1S/C22H30N2O2/c1-7-21(23(4)17-10-13-19(25-5)14-11-17)20-15-12-18(16-22(20)26-6)24(8-2)9-3/h7,10-16H,8-9H2,1-6H3/b21-7+. The molecule has 2 aromatic rings. The molecule has 0 amide bonds. The average Bonchev–Trinajstić information content (AvgIpc) is 2.70. The van der Waals surface area contributed by atoms with Gasteiger partial charge in [0.15, 0.2) is 0 Å². The fraction of sp³-hybridized carbons (Fsp3) is 0.364. The topological polar surface area (TPSA) is 24.9 Å². The first-order chi connectivity index (χ1) is 12.6. The van der Waals surface area contributed by atoms with Crippen molar-refractivity contribution in [3.63, 3.8) is 0 Å². The van der Waals surface area contributed by atoms with Gasteiger partial charge in [0.1, 0.15) is 11.5 Å². The van der Waals surface area contributed by atoms with Gasteiger partial charge in [-0.3, -0.25) is 0 Å². The lowest BCUT2D eigenvalue weighted by Crippen LogP contribution is -2.22. The van der Waals surface area contributed by atoms with E-state index in [1.807, 2.05) is 19.1 Å². The second-order valence-corrected chi connectivity index (χ2v) is 5.99. The Bertz CT molecular complexity index is 734. The Hall–Kier alpha value is -2.62. The number of ether oxygens (including phenoxy) is 2. The zero-order valence-electron chi connectivity index (χ0n) is 16.7. The number of hydrogen-bond acceptors (Lipinski definition) is 4. The van der Waals surface area contributed by atoms with Crippen LogP contribution < -0.4 is 19.3 Å². The van der Waals surface area contributed by atoms with Crippen LogP contribution in [0.25, 0.3) is 5.70 Å². The summed E-state index contributed by atoms with van der Waals surface area (Å²) in [6.07, 6.45) is 2.11. The Morgan fingerprint density at radius 2 is 1.54 bits per heavy atom. The van der Waals surface area contributed by atoms with E-state index in [-0.39, 0.29) is 0 Å². The maximum absolute atomic E-state index is 5.72. The molecule has 4 heteroatoms. The molecule has 0 saturated heterocycles. The van der Waals surface area contributed by atoms with Gasteiger partial charge in [0, 0.05) is 48.8 Å². The van der Waals surface area contributed by atoms with E-state index in [0.717, 1.165) is 41.5 Å². The highest BCUT2D eigenvalue weighted by Gasteiger charge is 2.15. The van der Waals surface area contributed by atoms with Crippen molar-refractivity contribution in [2.75, 3.05) is 44.2 Å². The van der Waals surface area contributed by atoms with Gasteiger partial charge in [-0.05, 0) is 57.2 Å². The van der Waals surface area contributed by atoms with Crippen molar-refractivity contribution in [1.29, 1.82) is 0 Å². The van der Waals surface area contributed by atoms with Crippen molar-refractivity contribution in [3.05, 3.63) is 54.1 Å². The minimum atomic E-state index is 0.852. The van der Waals surface area contributed by atoms with E-state index in [9.17, 15) is 0 Å². The van der Waals surface area contributed by atoms with Gasteiger partial charge in [-0.25, -0.2) is 0 Å². The molecule has 0 aliphatic rings. The summed E-state index contributed by atoms with van der Waals surface area (Å²) in [5.74, 6) is 1.73. The minimum absolute atomic E-state index is 0.852. The summed E-state index contributed by atoms with van der Waals surface area (Å²) in [5.41, 5.74) is 4.44. The Morgan fingerprint density at radius 3 is 2.04 bits per heavy atom. The predicted molar refractivity (Wildman–Crippen MR) is 112 cm³/mol. The van der Waals surface area contributed by atoms with Gasteiger partial charge in [-0.1, -0.05) is 6.08 Å². The second kappa shape index (κ2) is 9.18. The van der Waals surface area contributed by atoms with Crippen molar-refractivity contribution in [1.82, 2.24) is 0 Å². The molecule has 0 aromatic heterocycles. The highest BCUT2D eigenvalue weighted by molar-refractivity contribution is 5.82. The van der Waals surface area contributed by atoms with Crippen molar-refractivity contribution >= 4 is 17.1 Å². The normalized spacial score (nSPS) is 11.2. The molecule has 2 rings (SSSR count). The molecule has 140 valence electrons. The van der Waals surface area contributed by atoms with Crippen LogP contribution in [-0.2, 0) is 0 Å². The Kier molecular flexibility index (Phi) is 6.96. The number of rotatable bonds is 8. The summed E-state index contributed by atoms with van der Waals surface area (Å²) >= 11 is 0. The molecular weight excluding hydrogens is 324 g/mol. The van der Waals surface area contributed by atoms with Crippen LogP contribution in [0.3, 0.4) is 0 Å². The molecule has 0 aliphatic carbocycles. The molecule has 0 fully saturated rings. The zero-order chi connectivity index (χ0) is 19.1. The van der Waals surface area contributed by atoms with E-state index >= 15 is 0 Å². The predicted octanol–water partition coefficient (Wildman–Crippen LogP) is 5.05. The summed E-state index contributed by atoms with van der Waals surface area (Å²) in [4.78, 5) is 4.48. The molecule has 0 N–H and O–H groups in total.